The van der Waals surface area contributed by atoms with Crippen LogP contribution in [0, 0.1) is 23.1 Å². The summed E-state index contributed by atoms with van der Waals surface area (Å²) in [5.41, 5.74) is -0.418. The van der Waals surface area contributed by atoms with Crippen LogP contribution in [0.1, 0.15) is 57.2 Å². The molecule has 42 heavy (non-hydrogen) atoms. The number of benzene rings is 2. The Morgan fingerprint density at radius 2 is 1.90 bits per heavy atom. The second-order valence-corrected chi connectivity index (χ2v) is 11.4. The van der Waals surface area contributed by atoms with Crippen LogP contribution >= 0.6 is 0 Å². The molecule has 2 amide bonds. The second kappa shape index (κ2) is 10.6. The van der Waals surface area contributed by atoms with Crippen molar-refractivity contribution >= 4 is 33.5 Å². The first-order chi connectivity index (χ1) is 20.2. The number of hydrogen-bond acceptors (Lipinski definition) is 6. The lowest BCUT2D eigenvalue weighted by atomic mass is 10.1. The van der Waals surface area contributed by atoms with Gasteiger partial charge >= 0.3 is 11.7 Å². The van der Waals surface area contributed by atoms with E-state index in [4.69, 9.17) is 0 Å². The average Bonchev–Trinajstić information content (AvgIpc) is 3.80. The molecule has 216 valence electrons. The molecule has 12 heteroatoms. The zero-order chi connectivity index (χ0) is 29.7. The molecular weight excluding hydrogens is 541 g/mol. The Bertz CT molecular complexity index is 1970. The number of carbonyl (C=O) groups is 1. The molecular formula is C30H30FN7O4. The fraction of sp³-hybridized carbons (Fsp3) is 0.400. The Morgan fingerprint density at radius 1 is 1.12 bits per heavy atom. The van der Waals surface area contributed by atoms with Crippen molar-refractivity contribution in [3.8, 4) is 6.07 Å². The largest absolute Gasteiger partial charge is 0.331 e. The highest BCUT2D eigenvalue weighted by Crippen LogP contribution is 2.30. The van der Waals surface area contributed by atoms with Crippen LogP contribution in [0.4, 0.5) is 14.9 Å². The van der Waals surface area contributed by atoms with Crippen LogP contribution in [0.2, 0.25) is 0 Å². The number of nitrogens with one attached hydrogen (secondary N) is 1. The van der Waals surface area contributed by atoms with Gasteiger partial charge in [0.2, 0.25) is 0 Å². The quantitative estimate of drug-likeness (QED) is 0.388. The molecule has 1 aliphatic carbocycles. The van der Waals surface area contributed by atoms with E-state index in [-0.39, 0.29) is 46.7 Å². The molecule has 2 fully saturated rings. The van der Waals surface area contributed by atoms with Gasteiger partial charge in [0.1, 0.15) is 5.82 Å². The highest BCUT2D eigenvalue weighted by atomic mass is 19.1. The van der Waals surface area contributed by atoms with Gasteiger partial charge in [-0.25, -0.2) is 19.0 Å². The number of aromatic nitrogens is 4. The molecule has 3 heterocycles. The fourth-order valence-corrected chi connectivity index (χ4v) is 5.74. The minimum atomic E-state index is -0.763. The smallest absolute Gasteiger partial charge is 0.322 e. The molecule has 0 spiro atoms. The molecule has 2 aliphatic rings. The van der Waals surface area contributed by atoms with Gasteiger partial charge in [-0.15, -0.1) is 0 Å². The monoisotopic (exact) mass is 571 g/mol. The topological polar surface area (TPSA) is 135 Å². The van der Waals surface area contributed by atoms with E-state index in [1.54, 1.807) is 26.0 Å². The molecule has 1 saturated heterocycles. The first kappa shape index (κ1) is 27.4. The summed E-state index contributed by atoms with van der Waals surface area (Å²) in [6.07, 6.45) is 4.59. The lowest BCUT2D eigenvalue weighted by Crippen LogP contribution is -2.45. The minimum Gasteiger partial charge on any atom is -0.322 e. The number of piperidine rings is 1. The predicted molar refractivity (Wildman–Crippen MR) is 155 cm³/mol. The van der Waals surface area contributed by atoms with E-state index in [2.05, 4.69) is 10.3 Å². The van der Waals surface area contributed by atoms with Crippen molar-refractivity contribution in [2.24, 2.45) is 5.92 Å². The number of anilines is 1. The SMILES string of the molecule is CC(C)n1c(=O)n(CC2CC2)c(=O)c2cc(NC(=O)N3CCC[C@@H](n4cnc5ccc(C#N)cc5c4=O)C3)c(F)cc21. The van der Waals surface area contributed by atoms with Gasteiger partial charge in [-0.2, -0.15) is 5.26 Å². The molecule has 1 N–H and O–H groups in total. The highest BCUT2D eigenvalue weighted by molar-refractivity contribution is 5.93. The molecule has 0 unspecified atom stereocenters. The van der Waals surface area contributed by atoms with Crippen molar-refractivity contribution in [1.29, 1.82) is 5.26 Å². The third-order valence-corrected chi connectivity index (χ3v) is 8.14. The molecule has 6 rings (SSSR count). The maximum atomic E-state index is 15.3. The number of halogens is 1. The molecule has 1 atom stereocenters. The number of nitrogens with zero attached hydrogens (tertiary/aromatic N) is 6. The molecule has 4 aromatic rings. The van der Waals surface area contributed by atoms with Crippen molar-refractivity contribution in [3.63, 3.8) is 0 Å². The number of rotatable bonds is 5. The van der Waals surface area contributed by atoms with Crippen LogP contribution in [0.3, 0.4) is 0 Å². The summed E-state index contributed by atoms with van der Waals surface area (Å²) in [4.78, 5) is 58.9. The number of urea groups is 1. The van der Waals surface area contributed by atoms with Crippen molar-refractivity contribution in [2.75, 3.05) is 18.4 Å². The lowest BCUT2D eigenvalue weighted by Gasteiger charge is -2.33. The van der Waals surface area contributed by atoms with Gasteiger partial charge in [-0.3, -0.25) is 23.3 Å². The highest BCUT2D eigenvalue weighted by Gasteiger charge is 2.28. The first-order valence-corrected chi connectivity index (χ1v) is 14.1. The van der Waals surface area contributed by atoms with E-state index >= 15 is 4.39 Å². The molecule has 0 radical (unpaired) electrons. The fourth-order valence-electron chi connectivity index (χ4n) is 5.74. The molecule has 0 bridgehead atoms. The van der Waals surface area contributed by atoms with Crippen LogP contribution in [-0.4, -0.2) is 42.7 Å². The Morgan fingerprint density at radius 3 is 2.62 bits per heavy atom. The van der Waals surface area contributed by atoms with Crippen molar-refractivity contribution in [1.82, 2.24) is 23.6 Å². The van der Waals surface area contributed by atoms with E-state index in [1.165, 1.54) is 37.1 Å². The van der Waals surface area contributed by atoms with Crippen molar-refractivity contribution < 1.29 is 9.18 Å². The molecule has 1 saturated carbocycles. The maximum absolute atomic E-state index is 15.3. The minimum absolute atomic E-state index is 0.155. The Balaban J connectivity index is 1.29. The lowest BCUT2D eigenvalue weighted by molar-refractivity contribution is 0.177. The summed E-state index contributed by atoms with van der Waals surface area (Å²) >= 11 is 0. The van der Waals surface area contributed by atoms with E-state index in [1.807, 2.05) is 6.07 Å². The van der Waals surface area contributed by atoms with Crippen LogP contribution in [0.15, 0.2) is 51.0 Å². The molecule has 2 aromatic heterocycles. The summed E-state index contributed by atoms with van der Waals surface area (Å²) in [6, 6.07) is 7.95. The van der Waals surface area contributed by atoms with Gasteiger partial charge in [0.05, 0.1) is 51.5 Å². The third-order valence-electron chi connectivity index (χ3n) is 8.14. The Hall–Kier alpha value is -4.79. The predicted octanol–water partition coefficient (Wildman–Crippen LogP) is 3.74. The van der Waals surface area contributed by atoms with Crippen LogP contribution < -0.4 is 22.1 Å². The summed E-state index contributed by atoms with van der Waals surface area (Å²) in [6.45, 7) is 4.49. The number of likely N-dealkylation sites (tertiary alicyclic amines) is 1. The number of carbonyl (C=O) groups excluding carboxylic acids is 1. The zero-order valence-corrected chi connectivity index (χ0v) is 23.3. The van der Waals surface area contributed by atoms with E-state index in [9.17, 15) is 24.4 Å². The number of fused-ring (bicyclic) bond motifs is 2. The molecule has 1 aliphatic heterocycles. The molecule has 2 aromatic carbocycles. The van der Waals surface area contributed by atoms with Gasteiger partial charge in [-0.1, -0.05) is 0 Å². The van der Waals surface area contributed by atoms with Crippen LogP contribution in [0.5, 0.6) is 0 Å². The van der Waals surface area contributed by atoms with E-state index in [0.717, 1.165) is 18.9 Å². The summed E-state index contributed by atoms with van der Waals surface area (Å²) < 4.78 is 19.5. The van der Waals surface area contributed by atoms with E-state index in [0.29, 0.717) is 42.4 Å². The van der Waals surface area contributed by atoms with Gasteiger partial charge < -0.3 is 10.2 Å². The van der Waals surface area contributed by atoms with Gasteiger partial charge in [-0.05, 0) is 69.7 Å². The summed E-state index contributed by atoms with van der Waals surface area (Å²) in [7, 11) is 0. The van der Waals surface area contributed by atoms with Gasteiger partial charge in [0.25, 0.3) is 11.1 Å². The van der Waals surface area contributed by atoms with Crippen LogP contribution in [0.25, 0.3) is 21.8 Å². The van der Waals surface area contributed by atoms with Gasteiger partial charge in [0, 0.05) is 31.7 Å². The summed E-state index contributed by atoms with van der Waals surface area (Å²) in [5.74, 6) is -0.486. The Labute approximate surface area is 239 Å². The standard InChI is InChI=1S/C30H30FN7O4/c1-17(2)38-26-12-23(31)25(11-22(26)28(40)36(30(38)42)14-18-5-6-18)34-29(41)35-9-3-4-20(15-35)37-16-33-24-8-7-19(13-32)10-21(24)27(37)39/h7-8,10-12,16-18,20H,3-6,9,14-15H2,1-2H3,(H,34,41)/t20-/m1/s1. The average molecular weight is 572 g/mol. The van der Waals surface area contributed by atoms with Crippen molar-refractivity contribution in [2.45, 2.75) is 58.2 Å². The van der Waals surface area contributed by atoms with Gasteiger partial charge in [0.15, 0.2) is 0 Å². The van der Waals surface area contributed by atoms with Crippen LogP contribution in [-0.2, 0) is 6.54 Å². The number of nitriles is 1. The second-order valence-electron chi connectivity index (χ2n) is 11.4. The van der Waals surface area contributed by atoms with E-state index < -0.39 is 23.1 Å². The summed E-state index contributed by atoms with van der Waals surface area (Å²) in [5, 5.41) is 12.3. The Kier molecular flexibility index (Phi) is 6.88. The third kappa shape index (κ3) is 4.85. The number of hydrogen-bond donors (Lipinski definition) is 1. The number of amides is 2. The normalized spacial score (nSPS) is 17.1. The zero-order valence-electron chi connectivity index (χ0n) is 23.3. The van der Waals surface area contributed by atoms with Crippen molar-refractivity contribution in [3.05, 3.63) is 79.2 Å². The first-order valence-electron chi connectivity index (χ1n) is 14.1. The maximum Gasteiger partial charge on any atom is 0.331 e. The molecule has 11 nitrogen and oxygen atoms in total.